The number of rotatable bonds is 10. The second-order valence-electron chi connectivity index (χ2n) is 7.50. The summed E-state index contributed by atoms with van der Waals surface area (Å²) in [5.74, 6) is -1.65. The number of pyridine rings is 1. The van der Waals surface area contributed by atoms with Crippen LogP contribution in [0.4, 0.5) is 4.79 Å². The van der Waals surface area contributed by atoms with Crippen LogP contribution < -0.4 is 16.4 Å². The van der Waals surface area contributed by atoms with Crippen LogP contribution in [0.1, 0.15) is 45.6 Å². The predicted octanol–water partition coefficient (Wildman–Crippen LogP) is 1.22. The van der Waals surface area contributed by atoms with Gasteiger partial charge in [-0.3, -0.25) is 9.78 Å². The minimum atomic E-state index is -1.12. The molecule has 0 aliphatic heterocycles. The molecule has 0 spiro atoms. The predicted molar refractivity (Wildman–Crippen MR) is 104 cm³/mol. The maximum absolute atomic E-state index is 12.2. The molecule has 1 heterocycles. The molecule has 0 fully saturated rings. The fourth-order valence-electron chi connectivity index (χ4n) is 2.38. The molecule has 0 bridgehead atoms. The van der Waals surface area contributed by atoms with E-state index < -0.39 is 35.7 Å². The molecular formula is C19H30N4O5. The number of carbonyl (C=O) groups is 3. The molecule has 0 aromatic carbocycles. The molecule has 0 radical (unpaired) electrons. The molecule has 0 aliphatic carbocycles. The zero-order valence-corrected chi connectivity index (χ0v) is 16.6. The Morgan fingerprint density at radius 1 is 1.29 bits per heavy atom. The average molecular weight is 394 g/mol. The Hall–Kier alpha value is -2.68. The normalized spacial score (nSPS) is 13.3. The van der Waals surface area contributed by atoms with Crippen LogP contribution in [0.15, 0.2) is 24.5 Å². The molecule has 28 heavy (non-hydrogen) atoms. The number of carbonyl (C=O) groups excluding carboxylic acids is 2. The van der Waals surface area contributed by atoms with E-state index in [9.17, 15) is 19.5 Å². The number of nitrogens with two attached hydrogens (primary N) is 1. The number of carboxylic acid groups (broad SMARTS) is 1. The number of hydrogen-bond acceptors (Lipinski definition) is 6. The minimum Gasteiger partial charge on any atom is -0.480 e. The minimum absolute atomic E-state index is 0.233. The van der Waals surface area contributed by atoms with Crippen LogP contribution in [-0.2, 0) is 20.7 Å². The van der Waals surface area contributed by atoms with Gasteiger partial charge in [-0.25, -0.2) is 9.59 Å². The molecular weight excluding hydrogens is 364 g/mol. The maximum atomic E-state index is 12.2. The van der Waals surface area contributed by atoms with E-state index in [1.807, 2.05) is 0 Å². The summed E-state index contributed by atoms with van der Waals surface area (Å²) in [6.45, 7) is 5.67. The Bertz CT molecular complexity index is 645. The van der Waals surface area contributed by atoms with Crippen LogP contribution in [0.5, 0.6) is 0 Å². The van der Waals surface area contributed by atoms with E-state index in [4.69, 9.17) is 10.5 Å². The number of aliphatic carboxylic acids is 1. The number of alkyl carbamates (subject to hydrolysis) is 1. The summed E-state index contributed by atoms with van der Waals surface area (Å²) in [5, 5.41) is 14.4. The van der Waals surface area contributed by atoms with Gasteiger partial charge in [0.15, 0.2) is 0 Å². The Labute approximate surface area is 165 Å². The highest BCUT2D eigenvalue weighted by Crippen LogP contribution is 2.07. The average Bonchev–Trinajstić information content (AvgIpc) is 2.59. The maximum Gasteiger partial charge on any atom is 0.407 e. The first kappa shape index (κ1) is 23.4. The largest absolute Gasteiger partial charge is 0.480 e. The fourth-order valence-corrected chi connectivity index (χ4v) is 2.38. The number of nitrogens with one attached hydrogen (secondary N) is 2. The molecule has 1 aromatic heterocycles. The van der Waals surface area contributed by atoms with Crippen molar-refractivity contribution >= 4 is 18.0 Å². The van der Waals surface area contributed by atoms with Crippen molar-refractivity contribution in [3.63, 3.8) is 0 Å². The molecule has 5 N–H and O–H groups in total. The van der Waals surface area contributed by atoms with E-state index >= 15 is 0 Å². The molecule has 1 aromatic rings. The third-order valence-electron chi connectivity index (χ3n) is 3.72. The molecule has 2 atom stereocenters. The third kappa shape index (κ3) is 9.86. The molecule has 1 rings (SSSR count). The topological polar surface area (TPSA) is 144 Å². The van der Waals surface area contributed by atoms with E-state index in [0.717, 1.165) is 5.56 Å². The van der Waals surface area contributed by atoms with Gasteiger partial charge in [0.1, 0.15) is 11.6 Å². The van der Waals surface area contributed by atoms with Crippen molar-refractivity contribution in [3.8, 4) is 0 Å². The van der Waals surface area contributed by atoms with Gasteiger partial charge < -0.3 is 26.2 Å². The van der Waals surface area contributed by atoms with Crippen LogP contribution in [0.3, 0.4) is 0 Å². The van der Waals surface area contributed by atoms with Crippen LogP contribution in [0, 0.1) is 0 Å². The van der Waals surface area contributed by atoms with E-state index in [2.05, 4.69) is 15.6 Å². The number of carboxylic acids is 1. The monoisotopic (exact) mass is 394 g/mol. The number of ether oxygens (including phenoxy) is 1. The third-order valence-corrected chi connectivity index (χ3v) is 3.72. The summed E-state index contributed by atoms with van der Waals surface area (Å²) in [6.07, 6.45) is 4.28. The zero-order valence-electron chi connectivity index (χ0n) is 16.6. The smallest absolute Gasteiger partial charge is 0.407 e. The SMILES string of the molecule is CC(C)(C)OC(=O)NCCCC[C@H](NC(=O)[C@@H](N)Cc1cccnc1)C(=O)O. The van der Waals surface area contributed by atoms with Crippen molar-refractivity contribution in [2.75, 3.05) is 6.54 Å². The van der Waals surface area contributed by atoms with Gasteiger partial charge in [0, 0.05) is 18.9 Å². The Morgan fingerprint density at radius 2 is 2.00 bits per heavy atom. The second kappa shape index (κ2) is 11.2. The lowest BCUT2D eigenvalue weighted by molar-refractivity contribution is -0.142. The highest BCUT2D eigenvalue weighted by molar-refractivity contribution is 5.86. The Morgan fingerprint density at radius 3 is 2.57 bits per heavy atom. The standard InChI is InChI=1S/C19H30N4O5/c1-19(2,3)28-18(27)22-10-5-4-8-15(17(25)26)23-16(24)14(20)11-13-7-6-9-21-12-13/h6-7,9,12,14-15H,4-5,8,10-11,20H2,1-3H3,(H,22,27)(H,23,24)(H,25,26)/t14-,15-/m0/s1. The first-order chi connectivity index (χ1) is 13.1. The van der Waals surface area contributed by atoms with Gasteiger partial charge in [-0.2, -0.15) is 0 Å². The van der Waals surface area contributed by atoms with Gasteiger partial charge in [-0.15, -0.1) is 0 Å². The summed E-state index contributed by atoms with van der Waals surface area (Å²) in [5.41, 5.74) is 6.09. The summed E-state index contributed by atoms with van der Waals surface area (Å²) >= 11 is 0. The van der Waals surface area contributed by atoms with E-state index in [0.29, 0.717) is 19.4 Å². The number of nitrogens with zero attached hydrogens (tertiary/aromatic N) is 1. The summed E-state index contributed by atoms with van der Waals surface area (Å²) in [6, 6.07) is 1.64. The van der Waals surface area contributed by atoms with Crippen LogP contribution in [0.25, 0.3) is 0 Å². The highest BCUT2D eigenvalue weighted by atomic mass is 16.6. The van der Waals surface area contributed by atoms with Crippen molar-refractivity contribution in [2.24, 2.45) is 5.73 Å². The second-order valence-corrected chi connectivity index (χ2v) is 7.50. The molecule has 0 saturated carbocycles. The van der Waals surface area contributed by atoms with E-state index in [1.54, 1.807) is 45.3 Å². The van der Waals surface area contributed by atoms with Gasteiger partial charge in [0.05, 0.1) is 6.04 Å². The first-order valence-electron chi connectivity index (χ1n) is 9.23. The van der Waals surface area contributed by atoms with Crippen LogP contribution in [0.2, 0.25) is 0 Å². The molecule has 0 saturated heterocycles. The van der Waals surface area contributed by atoms with Gasteiger partial charge in [-0.1, -0.05) is 6.07 Å². The highest BCUT2D eigenvalue weighted by Gasteiger charge is 2.23. The van der Waals surface area contributed by atoms with Crippen LogP contribution >= 0.6 is 0 Å². The molecule has 0 aliphatic rings. The van der Waals surface area contributed by atoms with Crippen molar-refractivity contribution in [2.45, 2.75) is 64.1 Å². The number of unbranched alkanes of at least 4 members (excludes halogenated alkanes) is 1. The lowest BCUT2D eigenvalue weighted by atomic mass is 10.1. The quantitative estimate of drug-likeness (QED) is 0.437. The first-order valence-corrected chi connectivity index (χ1v) is 9.23. The lowest BCUT2D eigenvalue weighted by Crippen LogP contribution is -2.49. The lowest BCUT2D eigenvalue weighted by Gasteiger charge is -2.20. The molecule has 9 nitrogen and oxygen atoms in total. The molecule has 9 heteroatoms. The van der Waals surface area contributed by atoms with E-state index in [1.165, 1.54) is 0 Å². The van der Waals surface area contributed by atoms with Gasteiger partial charge in [0.2, 0.25) is 5.91 Å². The van der Waals surface area contributed by atoms with Gasteiger partial charge >= 0.3 is 12.1 Å². The van der Waals surface area contributed by atoms with E-state index in [-0.39, 0.29) is 12.8 Å². The number of hydrogen-bond donors (Lipinski definition) is 4. The summed E-state index contributed by atoms with van der Waals surface area (Å²) in [4.78, 5) is 39.1. The van der Waals surface area contributed by atoms with Crippen molar-refractivity contribution in [3.05, 3.63) is 30.1 Å². The van der Waals surface area contributed by atoms with Crippen LogP contribution in [-0.4, -0.2) is 52.3 Å². The number of aromatic nitrogens is 1. The van der Waals surface area contributed by atoms with Crippen molar-refractivity contribution in [1.82, 2.24) is 15.6 Å². The molecule has 0 unspecified atom stereocenters. The number of amides is 2. The van der Waals surface area contributed by atoms with Crippen molar-refractivity contribution in [1.29, 1.82) is 0 Å². The van der Waals surface area contributed by atoms with Gasteiger partial charge in [-0.05, 0) is 58.1 Å². The molecule has 156 valence electrons. The summed E-state index contributed by atoms with van der Waals surface area (Å²) in [7, 11) is 0. The molecule has 2 amide bonds. The Balaban J connectivity index is 2.35. The van der Waals surface area contributed by atoms with Crippen molar-refractivity contribution < 1.29 is 24.2 Å². The zero-order chi connectivity index (χ0) is 21.2. The van der Waals surface area contributed by atoms with Gasteiger partial charge in [0.25, 0.3) is 0 Å². The summed E-state index contributed by atoms with van der Waals surface area (Å²) < 4.78 is 5.11. The fraction of sp³-hybridized carbons (Fsp3) is 0.579. The Kier molecular flexibility index (Phi) is 9.37.